The number of nitrogens with one attached hydrogen (secondary N) is 1. The van der Waals surface area contributed by atoms with Crippen LogP contribution in [0.5, 0.6) is 0 Å². The van der Waals surface area contributed by atoms with Crippen LogP contribution in [0.25, 0.3) is 10.9 Å². The van der Waals surface area contributed by atoms with Gasteiger partial charge >= 0.3 is 6.09 Å². The van der Waals surface area contributed by atoms with Crippen LogP contribution in [0, 0.1) is 0 Å². The molecule has 114 valence electrons. The number of carbonyl (C=O) groups excluding carboxylic acids is 1. The Labute approximate surface area is 126 Å². The number of para-hydroxylation sites is 1. The van der Waals surface area contributed by atoms with Crippen LogP contribution < -0.4 is 5.32 Å². The molecule has 2 heterocycles. The molecule has 7 heteroatoms. The summed E-state index contributed by atoms with van der Waals surface area (Å²) in [6.07, 6.45) is -0.317. The van der Waals surface area contributed by atoms with Crippen LogP contribution in [0.15, 0.2) is 36.5 Å². The average molecular weight is 301 g/mol. The van der Waals surface area contributed by atoms with Crippen molar-refractivity contribution in [2.45, 2.75) is 18.6 Å². The number of carbonyl (C=O) groups is 2. The maximum atomic E-state index is 12.4. The first-order valence-corrected chi connectivity index (χ1v) is 6.88. The number of anilines is 1. The molecule has 1 aliphatic heterocycles. The van der Waals surface area contributed by atoms with Gasteiger partial charge in [-0.05, 0) is 12.1 Å². The number of hydrogen-bond donors (Lipinski definition) is 3. The second-order valence-electron chi connectivity index (χ2n) is 5.21. The Morgan fingerprint density at radius 2 is 2.05 bits per heavy atom. The molecule has 0 spiro atoms. The first-order valence-electron chi connectivity index (χ1n) is 6.88. The molecular formula is C15H15N3O4. The second kappa shape index (κ2) is 5.61. The predicted molar refractivity (Wildman–Crippen MR) is 79.5 cm³/mol. The lowest BCUT2D eigenvalue weighted by molar-refractivity contribution is -0.120. The maximum absolute atomic E-state index is 12.4. The lowest BCUT2D eigenvalue weighted by Crippen LogP contribution is -2.42. The maximum Gasteiger partial charge on any atom is 0.408 e. The summed E-state index contributed by atoms with van der Waals surface area (Å²) < 4.78 is 0. The summed E-state index contributed by atoms with van der Waals surface area (Å²) in [4.78, 5) is 28.7. The minimum Gasteiger partial charge on any atom is -0.465 e. The normalized spacial score (nSPS) is 21.0. The van der Waals surface area contributed by atoms with Crippen LogP contribution in [0.3, 0.4) is 0 Å². The number of amides is 2. The fourth-order valence-corrected chi connectivity index (χ4v) is 2.69. The number of hydrogen-bond acceptors (Lipinski definition) is 4. The summed E-state index contributed by atoms with van der Waals surface area (Å²) in [7, 11) is 0. The summed E-state index contributed by atoms with van der Waals surface area (Å²) in [5.74, 6) is -0.461. The molecule has 2 amide bonds. The van der Waals surface area contributed by atoms with Gasteiger partial charge in [-0.15, -0.1) is 0 Å². The number of benzene rings is 1. The number of pyridine rings is 1. The molecule has 0 aliphatic carbocycles. The number of aromatic nitrogens is 1. The molecule has 1 aliphatic rings. The van der Waals surface area contributed by atoms with E-state index in [2.05, 4.69) is 10.3 Å². The van der Waals surface area contributed by atoms with Crippen molar-refractivity contribution in [3.8, 4) is 0 Å². The fourth-order valence-electron chi connectivity index (χ4n) is 2.69. The average Bonchev–Trinajstić information content (AvgIpc) is 2.90. The Bertz CT molecular complexity index is 728. The van der Waals surface area contributed by atoms with Gasteiger partial charge in [0.2, 0.25) is 5.91 Å². The van der Waals surface area contributed by atoms with E-state index in [0.717, 1.165) is 10.3 Å². The van der Waals surface area contributed by atoms with E-state index in [1.165, 1.54) is 0 Å². The smallest absolute Gasteiger partial charge is 0.408 e. The summed E-state index contributed by atoms with van der Waals surface area (Å²) in [6.45, 7) is -0.0544. The highest BCUT2D eigenvalue weighted by atomic mass is 16.4. The van der Waals surface area contributed by atoms with Gasteiger partial charge in [0.1, 0.15) is 6.04 Å². The highest BCUT2D eigenvalue weighted by Crippen LogP contribution is 2.23. The van der Waals surface area contributed by atoms with Gasteiger partial charge in [0.25, 0.3) is 0 Å². The molecule has 0 radical (unpaired) electrons. The third kappa shape index (κ3) is 2.58. The molecular weight excluding hydrogens is 286 g/mol. The number of rotatable bonds is 2. The molecule has 2 aromatic rings. The predicted octanol–water partition coefficient (Wildman–Crippen LogP) is 1.29. The van der Waals surface area contributed by atoms with Gasteiger partial charge in [0.05, 0.1) is 23.9 Å². The summed E-state index contributed by atoms with van der Waals surface area (Å²) >= 11 is 0. The summed E-state index contributed by atoms with van der Waals surface area (Å²) in [6, 6.07) is 8.16. The molecule has 2 atom stereocenters. The summed E-state index contributed by atoms with van der Waals surface area (Å²) in [5.41, 5.74) is 1.16. The molecule has 2 unspecified atom stereocenters. The molecule has 1 aromatic heterocycles. The van der Waals surface area contributed by atoms with E-state index in [-0.39, 0.29) is 13.0 Å². The van der Waals surface area contributed by atoms with Crippen molar-refractivity contribution in [3.05, 3.63) is 36.5 Å². The van der Waals surface area contributed by atoms with Gasteiger partial charge in [-0.3, -0.25) is 14.7 Å². The van der Waals surface area contributed by atoms with E-state index in [9.17, 15) is 14.7 Å². The largest absolute Gasteiger partial charge is 0.465 e. The molecule has 22 heavy (non-hydrogen) atoms. The van der Waals surface area contributed by atoms with Crippen LogP contribution >= 0.6 is 0 Å². The Morgan fingerprint density at radius 1 is 1.27 bits per heavy atom. The van der Waals surface area contributed by atoms with Crippen LogP contribution in [-0.4, -0.2) is 50.8 Å². The molecule has 1 fully saturated rings. The Morgan fingerprint density at radius 3 is 2.82 bits per heavy atom. The van der Waals surface area contributed by atoms with Crippen molar-refractivity contribution in [3.63, 3.8) is 0 Å². The van der Waals surface area contributed by atoms with Gasteiger partial charge in [-0.2, -0.15) is 0 Å². The molecule has 1 saturated heterocycles. The number of aliphatic hydroxyl groups is 1. The van der Waals surface area contributed by atoms with E-state index in [1.807, 2.05) is 12.1 Å². The zero-order valence-electron chi connectivity index (χ0n) is 11.6. The third-order valence-corrected chi connectivity index (χ3v) is 3.72. The number of nitrogens with zero attached hydrogens (tertiary/aromatic N) is 2. The molecule has 3 rings (SSSR count). The van der Waals surface area contributed by atoms with Crippen molar-refractivity contribution in [1.82, 2.24) is 9.88 Å². The molecule has 7 nitrogen and oxygen atoms in total. The van der Waals surface area contributed by atoms with E-state index in [4.69, 9.17) is 5.11 Å². The van der Waals surface area contributed by atoms with Gasteiger partial charge in [0, 0.05) is 18.0 Å². The SMILES string of the molecule is O=C(Nc1cccc2cccnc12)C1CC(O)CN1C(=O)O. The topological polar surface area (TPSA) is 103 Å². The second-order valence-corrected chi connectivity index (χ2v) is 5.21. The van der Waals surface area contributed by atoms with Crippen molar-refractivity contribution in [2.24, 2.45) is 0 Å². The number of aliphatic hydroxyl groups excluding tert-OH is 1. The van der Waals surface area contributed by atoms with Crippen LogP contribution in [0.1, 0.15) is 6.42 Å². The van der Waals surface area contributed by atoms with Crippen LogP contribution in [0.4, 0.5) is 10.5 Å². The zero-order valence-corrected chi connectivity index (χ0v) is 11.6. The van der Waals surface area contributed by atoms with E-state index in [1.54, 1.807) is 24.4 Å². The van der Waals surface area contributed by atoms with E-state index >= 15 is 0 Å². The number of β-amino-alcohol motifs (C(OH)–C–C–N with tert-alkyl or cyclic N) is 1. The molecule has 3 N–H and O–H groups in total. The minimum atomic E-state index is -1.22. The minimum absolute atomic E-state index is 0.0544. The third-order valence-electron chi connectivity index (χ3n) is 3.72. The summed E-state index contributed by atoms with van der Waals surface area (Å²) in [5, 5.41) is 22.3. The van der Waals surface area contributed by atoms with Crippen molar-refractivity contribution in [1.29, 1.82) is 0 Å². The number of fused-ring (bicyclic) bond motifs is 1. The highest BCUT2D eigenvalue weighted by Gasteiger charge is 2.39. The van der Waals surface area contributed by atoms with Crippen molar-refractivity contribution >= 4 is 28.6 Å². The number of carboxylic acid groups (broad SMARTS) is 1. The van der Waals surface area contributed by atoms with Crippen molar-refractivity contribution < 1.29 is 19.8 Å². The molecule has 1 aromatic carbocycles. The quantitative estimate of drug-likeness (QED) is 0.775. The van der Waals surface area contributed by atoms with E-state index in [0.29, 0.717) is 11.2 Å². The zero-order chi connectivity index (χ0) is 15.7. The van der Waals surface area contributed by atoms with Gasteiger partial charge in [-0.1, -0.05) is 18.2 Å². The van der Waals surface area contributed by atoms with Gasteiger partial charge < -0.3 is 15.5 Å². The van der Waals surface area contributed by atoms with E-state index < -0.39 is 24.1 Å². The van der Waals surface area contributed by atoms with Crippen LogP contribution in [-0.2, 0) is 4.79 Å². The Kier molecular flexibility index (Phi) is 3.64. The first-order chi connectivity index (χ1) is 10.6. The first kappa shape index (κ1) is 14.3. The van der Waals surface area contributed by atoms with Gasteiger partial charge in [-0.25, -0.2) is 4.79 Å². The monoisotopic (exact) mass is 301 g/mol. The Balaban J connectivity index is 1.85. The van der Waals surface area contributed by atoms with Crippen LogP contribution in [0.2, 0.25) is 0 Å². The standard InChI is InChI=1S/C15H15N3O4/c19-10-7-12(18(8-10)15(21)22)14(20)17-11-5-1-3-9-4-2-6-16-13(9)11/h1-6,10,12,19H,7-8H2,(H,17,20)(H,21,22). The number of likely N-dealkylation sites (tertiary alicyclic amines) is 1. The fraction of sp³-hybridized carbons (Fsp3) is 0.267. The van der Waals surface area contributed by atoms with Gasteiger partial charge in [0.15, 0.2) is 0 Å². The van der Waals surface area contributed by atoms with Crippen molar-refractivity contribution in [2.75, 3.05) is 11.9 Å². The lowest BCUT2D eigenvalue weighted by atomic mass is 10.1. The Hall–Kier alpha value is -2.67. The molecule has 0 bridgehead atoms. The lowest BCUT2D eigenvalue weighted by Gasteiger charge is -2.20. The highest BCUT2D eigenvalue weighted by molar-refractivity contribution is 6.03. The molecule has 0 saturated carbocycles.